The number of hydrogen-bond donors (Lipinski definition) is 1. The molecule has 3 aliphatic heterocycles. The van der Waals surface area contributed by atoms with Crippen molar-refractivity contribution in [2.75, 3.05) is 19.6 Å². The maximum atomic E-state index is 12.5. The molecule has 1 aromatic heterocycles. The van der Waals surface area contributed by atoms with Crippen molar-refractivity contribution < 1.29 is 4.79 Å². The topological polar surface area (TPSA) is 32.3 Å². The summed E-state index contributed by atoms with van der Waals surface area (Å²) >= 11 is 1.60. The van der Waals surface area contributed by atoms with E-state index in [0.29, 0.717) is 12.0 Å². The van der Waals surface area contributed by atoms with Crippen LogP contribution in [-0.2, 0) is 0 Å². The summed E-state index contributed by atoms with van der Waals surface area (Å²) in [6.45, 7) is 5.53. The van der Waals surface area contributed by atoms with Crippen molar-refractivity contribution in [3.63, 3.8) is 0 Å². The van der Waals surface area contributed by atoms with Gasteiger partial charge in [0.15, 0.2) is 0 Å². The lowest BCUT2D eigenvalue weighted by molar-refractivity contribution is 0.0622. The van der Waals surface area contributed by atoms with Crippen molar-refractivity contribution in [2.45, 2.75) is 25.8 Å². The van der Waals surface area contributed by atoms with Gasteiger partial charge in [0.05, 0.1) is 4.88 Å². The smallest absolute Gasteiger partial charge is 0.261 e. The highest BCUT2D eigenvalue weighted by atomic mass is 35.5. The molecule has 1 aromatic carbocycles. The minimum atomic E-state index is 0. The van der Waals surface area contributed by atoms with E-state index in [1.54, 1.807) is 11.3 Å². The van der Waals surface area contributed by atoms with Crippen LogP contribution in [0.15, 0.2) is 24.3 Å². The van der Waals surface area contributed by atoms with E-state index in [2.05, 4.69) is 35.3 Å². The fourth-order valence-corrected chi connectivity index (χ4v) is 4.59. The number of aryl methyl sites for hydroxylation is 1. The standard InChI is InChI=1S/C17H20N2OS.ClH/c1-11-2-3-15-13(8-11)9-16(21-15)17(20)18-14-10-19-6-4-12(14)5-7-19;/h2-3,8-9,12,14H,4-7,10H2,1H3,(H,18,20);1H/t14-;/m0./s1. The number of amides is 1. The van der Waals surface area contributed by atoms with E-state index >= 15 is 0 Å². The molecule has 1 N–H and O–H groups in total. The molecule has 0 aliphatic carbocycles. The molecule has 3 fully saturated rings. The van der Waals surface area contributed by atoms with E-state index in [-0.39, 0.29) is 18.3 Å². The molecule has 118 valence electrons. The minimum absolute atomic E-state index is 0. The maximum absolute atomic E-state index is 12.5. The van der Waals surface area contributed by atoms with E-state index in [1.165, 1.54) is 41.6 Å². The van der Waals surface area contributed by atoms with Gasteiger partial charge < -0.3 is 10.2 Å². The fraction of sp³-hybridized carbons (Fsp3) is 0.471. The number of carbonyl (C=O) groups excluding carboxylic acids is 1. The second-order valence-electron chi connectivity index (χ2n) is 6.37. The van der Waals surface area contributed by atoms with Crippen molar-refractivity contribution in [3.05, 3.63) is 34.7 Å². The number of rotatable bonds is 2. The Labute approximate surface area is 141 Å². The number of nitrogens with one attached hydrogen (secondary N) is 1. The highest BCUT2D eigenvalue weighted by molar-refractivity contribution is 7.20. The second kappa shape index (κ2) is 6.19. The molecular formula is C17H21ClN2OS. The lowest BCUT2D eigenvalue weighted by atomic mass is 9.84. The molecule has 2 aromatic rings. The molecule has 5 rings (SSSR count). The zero-order valence-electron chi connectivity index (χ0n) is 12.7. The van der Waals surface area contributed by atoms with Crippen LogP contribution in [0.25, 0.3) is 10.1 Å². The Kier molecular flexibility index (Phi) is 4.44. The monoisotopic (exact) mass is 336 g/mol. The van der Waals surface area contributed by atoms with E-state index in [9.17, 15) is 4.79 Å². The van der Waals surface area contributed by atoms with Crippen molar-refractivity contribution in [1.82, 2.24) is 10.2 Å². The van der Waals surface area contributed by atoms with Crippen LogP contribution in [0.1, 0.15) is 28.1 Å². The Morgan fingerprint density at radius 1 is 1.27 bits per heavy atom. The SMILES string of the molecule is Cc1ccc2sc(C(=O)N[C@H]3CN4CCC3CC4)cc2c1.Cl. The predicted molar refractivity (Wildman–Crippen MR) is 94.2 cm³/mol. The van der Waals surface area contributed by atoms with Crippen LogP contribution in [0.5, 0.6) is 0 Å². The first-order chi connectivity index (χ1) is 10.2. The number of halogens is 1. The molecule has 4 heterocycles. The number of hydrogen-bond acceptors (Lipinski definition) is 3. The first-order valence-corrected chi connectivity index (χ1v) is 8.54. The Morgan fingerprint density at radius 3 is 2.73 bits per heavy atom. The molecule has 0 spiro atoms. The summed E-state index contributed by atoms with van der Waals surface area (Å²) in [5.41, 5.74) is 1.24. The number of carbonyl (C=O) groups is 1. The van der Waals surface area contributed by atoms with Crippen LogP contribution < -0.4 is 5.32 Å². The Hall–Kier alpha value is -1.10. The van der Waals surface area contributed by atoms with Crippen LogP contribution in [0, 0.1) is 12.8 Å². The van der Waals surface area contributed by atoms with Gasteiger partial charge in [-0.2, -0.15) is 0 Å². The van der Waals surface area contributed by atoms with Gasteiger partial charge in [0.1, 0.15) is 0 Å². The third kappa shape index (κ3) is 2.87. The number of benzene rings is 1. The molecule has 2 bridgehead atoms. The normalized spacial score (nSPS) is 26.7. The van der Waals surface area contributed by atoms with E-state index in [0.717, 1.165) is 11.4 Å². The first kappa shape index (κ1) is 15.8. The third-order valence-electron chi connectivity index (χ3n) is 4.87. The van der Waals surface area contributed by atoms with Crippen LogP contribution >= 0.6 is 23.7 Å². The van der Waals surface area contributed by atoms with Crippen LogP contribution in [0.4, 0.5) is 0 Å². The molecule has 3 aliphatic rings. The average molecular weight is 337 g/mol. The van der Waals surface area contributed by atoms with Gasteiger partial charge in [0.2, 0.25) is 0 Å². The zero-order chi connectivity index (χ0) is 14.4. The summed E-state index contributed by atoms with van der Waals surface area (Å²) < 4.78 is 1.19. The molecule has 0 saturated carbocycles. The maximum Gasteiger partial charge on any atom is 0.261 e. The molecule has 1 atom stereocenters. The number of thiophene rings is 1. The molecule has 0 unspecified atom stereocenters. The third-order valence-corrected chi connectivity index (χ3v) is 5.98. The molecule has 3 nitrogen and oxygen atoms in total. The molecule has 1 amide bonds. The van der Waals surface area contributed by atoms with Gasteiger partial charge in [-0.15, -0.1) is 23.7 Å². The average Bonchev–Trinajstić information content (AvgIpc) is 2.91. The summed E-state index contributed by atoms with van der Waals surface area (Å²) in [6, 6.07) is 8.74. The highest BCUT2D eigenvalue weighted by Crippen LogP contribution is 2.29. The Balaban J connectivity index is 0.00000144. The van der Waals surface area contributed by atoms with Crippen molar-refractivity contribution in [2.24, 2.45) is 5.92 Å². The largest absolute Gasteiger partial charge is 0.347 e. The minimum Gasteiger partial charge on any atom is -0.347 e. The summed E-state index contributed by atoms with van der Waals surface area (Å²) in [7, 11) is 0. The highest BCUT2D eigenvalue weighted by Gasteiger charge is 2.35. The van der Waals surface area contributed by atoms with Crippen molar-refractivity contribution in [3.8, 4) is 0 Å². The number of fused-ring (bicyclic) bond motifs is 4. The zero-order valence-corrected chi connectivity index (χ0v) is 14.3. The van der Waals surface area contributed by atoms with Crippen LogP contribution in [-0.4, -0.2) is 36.5 Å². The summed E-state index contributed by atoms with van der Waals surface area (Å²) in [5.74, 6) is 0.781. The number of piperidine rings is 3. The summed E-state index contributed by atoms with van der Waals surface area (Å²) in [6.07, 6.45) is 2.47. The molecule has 0 radical (unpaired) electrons. The fourth-order valence-electron chi connectivity index (χ4n) is 3.64. The summed E-state index contributed by atoms with van der Waals surface area (Å²) in [4.78, 5) is 15.8. The van der Waals surface area contributed by atoms with Crippen molar-refractivity contribution >= 4 is 39.7 Å². The summed E-state index contributed by atoms with van der Waals surface area (Å²) in [5, 5.41) is 4.45. The van der Waals surface area contributed by atoms with Crippen LogP contribution in [0.2, 0.25) is 0 Å². The molecule has 5 heteroatoms. The Morgan fingerprint density at radius 2 is 2.05 bits per heavy atom. The Bertz CT molecular complexity index is 691. The van der Waals surface area contributed by atoms with E-state index in [4.69, 9.17) is 0 Å². The van der Waals surface area contributed by atoms with Gasteiger partial charge in [-0.3, -0.25) is 4.79 Å². The van der Waals surface area contributed by atoms with Gasteiger partial charge in [-0.1, -0.05) is 17.7 Å². The van der Waals surface area contributed by atoms with Crippen LogP contribution in [0.3, 0.4) is 0 Å². The lowest BCUT2D eigenvalue weighted by Crippen LogP contribution is -2.57. The van der Waals surface area contributed by atoms with Gasteiger partial charge in [-0.05, 0) is 56.3 Å². The molecular weight excluding hydrogens is 316 g/mol. The number of nitrogens with zero attached hydrogens (tertiary/aromatic N) is 1. The van der Waals surface area contributed by atoms with E-state index < -0.39 is 0 Å². The first-order valence-electron chi connectivity index (χ1n) is 7.72. The lowest BCUT2D eigenvalue weighted by Gasteiger charge is -2.44. The van der Waals surface area contributed by atoms with Gasteiger partial charge >= 0.3 is 0 Å². The molecule has 22 heavy (non-hydrogen) atoms. The van der Waals surface area contributed by atoms with Gasteiger partial charge in [0, 0.05) is 17.3 Å². The quantitative estimate of drug-likeness (QED) is 0.911. The molecule has 3 saturated heterocycles. The van der Waals surface area contributed by atoms with E-state index in [1.807, 2.05) is 6.07 Å². The van der Waals surface area contributed by atoms with Crippen molar-refractivity contribution in [1.29, 1.82) is 0 Å². The predicted octanol–water partition coefficient (Wildman–Crippen LogP) is 3.46. The van der Waals surface area contributed by atoms with Gasteiger partial charge in [-0.25, -0.2) is 0 Å². The van der Waals surface area contributed by atoms with Gasteiger partial charge in [0.25, 0.3) is 5.91 Å². The second-order valence-corrected chi connectivity index (χ2v) is 7.45.